The van der Waals surface area contributed by atoms with Crippen LogP contribution in [0.2, 0.25) is 5.02 Å². The molecule has 10 rings (SSSR count). The number of piperazine rings is 1. The molecule has 4 aliphatic heterocycles. The van der Waals surface area contributed by atoms with Crippen LogP contribution in [0.3, 0.4) is 0 Å². The number of imidazole rings is 1. The van der Waals surface area contributed by atoms with E-state index < -0.39 is 11.7 Å². The number of halogens is 2. The monoisotopic (exact) mass is 894 g/mol. The Morgan fingerprint density at radius 3 is 2.48 bits per heavy atom. The van der Waals surface area contributed by atoms with Crippen LogP contribution in [0.4, 0.5) is 32.1 Å². The number of nitrogens with zero attached hydrogens (tertiary/aromatic N) is 9. The van der Waals surface area contributed by atoms with Crippen LogP contribution in [0.25, 0.3) is 5.65 Å². The molecule has 0 unspecified atom stereocenters. The van der Waals surface area contributed by atoms with E-state index in [0.29, 0.717) is 93.5 Å². The minimum atomic E-state index is -1.40. The number of piperidine rings is 1. The van der Waals surface area contributed by atoms with Gasteiger partial charge in [-0.3, -0.25) is 34.3 Å². The number of rotatable bonds is 10. The van der Waals surface area contributed by atoms with E-state index in [2.05, 4.69) is 43.0 Å². The van der Waals surface area contributed by atoms with Crippen LogP contribution >= 0.6 is 11.6 Å². The van der Waals surface area contributed by atoms with E-state index in [-0.39, 0.29) is 71.9 Å². The second kappa shape index (κ2) is 16.3. The molecule has 0 radical (unpaired) electrons. The maximum atomic E-state index is 16.4. The number of benzene rings is 1. The highest BCUT2D eigenvalue weighted by molar-refractivity contribution is 6.34. The van der Waals surface area contributed by atoms with E-state index in [1.54, 1.807) is 22.5 Å². The van der Waals surface area contributed by atoms with Gasteiger partial charge in [0.05, 0.1) is 34.8 Å². The van der Waals surface area contributed by atoms with Gasteiger partial charge in [0.2, 0.25) is 11.8 Å². The summed E-state index contributed by atoms with van der Waals surface area (Å²) in [6.45, 7) is 5.32. The number of nitrogens with one attached hydrogen (secondary N) is 3. The lowest BCUT2D eigenvalue weighted by atomic mass is 9.55. The van der Waals surface area contributed by atoms with E-state index in [9.17, 15) is 24.0 Å². The number of carbonyl (C=O) groups is 5. The van der Waals surface area contributed by atoms with Crippen LogP contribution in [-0.2, 0) is 22.6 Å². The lowest BCUT2D eigenvalue weighted by molar-refractivity contribution is -0.142. The van der Waals surface area contributed by atoms with Crippen molar-refractivity contribution in [2.45, 2.75) is 83.0 Å². The van der Waals surface area contributed by atoms with Crippen molar-refractivity contribution in [3.63, 3.8) is 0 Å². The van der Waals surface area contributed by atoms with Crippen molar-refractivity contribution in [3.8, 4) is 0 Å². The highest BCUT2D eigenvalue weighted by Crippen LogP contribution is 2.57. The second-order valence-corrected chi connectivity index (χ2v) is 18.8. The molecular formula is C45H52ClFN12O5. The quantitative estimate of drug-likeness (QED) is 0.202. The molecule has 6 amide bonds. The average molecular weight is 895 g/mol. The topological polar surface area (TPSA) is 181 Å². The molecular weight excluding hydrogens is 843 g/mol. The Balaban J connectivity index is 0.736. The molecule has 3 saturated heterocycles. The summed E-state index contributed by atoms with van der Waals surface area (Å²) in [6, 6.07) is 9.20. The van der Waals surface area contributed by atoms with Gasteiger partial charge in [-0.1, -0.05) is 23.7 Å². The molecule has 0 bridgehead atoms. The normalized spacial score (nSPS) is 20.9. The van der Waals surface area contributed by atoms with Crippen LogP contribution < -0.4 is 25.8 Å². The number of hydrogen-bond donors (Lipinski definition) is 3. The van der Waals surface area contributed by atoms with Crippen molar-refractivity contribution in [3.05, 3.63) is 69.8 Å². The molecule has 7 heterocycles. The van der Waals surface area contributed by atoms with Gasteiger partial charge in [0.1, 0.15) is 11.4 Å². The standard InChI is InChI=1S/C45H52ClFN12O5/c1-27-39(46)34(58-14-10-37(60)52-43(58)64)19-32(50-27)42(63)55-15-11-44(12-16-55)24-45(47,25-44)26-54-17-18-56(38(61)23-54)22-28-5-3-8-33-30(28)9-13-57(33)36-20-31(48-2)40-49-21-35(59(40)53-36)41(62)51-29-6-4-7-29/h3,5,8,19-21,29,48H,4,6-7,9-18,22-26H2,1-2H3,(H,51,62)(H,52,60,64). The highest BCUT2D eigenvalue weighted by Gasteiger charge is 2.57. The van der Waals surface area contributed by atoms with Gasteiger partial charge in [0.25, 0.3) is 11.8 Å². The summed E-state index contributed by atoms with van der Waals surface area (Å²) in [5.74, 6) is -0.165. The molecule has 64 heavy (non-hydrogen) atoms. The average Bonchev–Trinajstić information content (AvgIpc) is 3.89. The first-order chi connectivity index (χ1) is 30.8. The van der Waals surface area contributed by atoms with Gasteiger partial charge in [0.15, 0.2) is 17.2 Å². The predicted octanol–water partition coefficient (Wildman–Crippen LogP) is 4.62. The Kier molecular flexibility index (Phi) is 10.7. The number of urea groups is 1. The van der Waals surface area contributed by atoms with Crippen LogP contribution in [-0.4, -0.2) is 135 Å². The van der Waals surface area contributed by atoms with Crippen LogP contribution in [0.5, 0.6) is 0 Å². The van der Waals surface area contributed by atoms with Crippen molar-refractivity contribution in [1.29, 1.82) is 0 Å². The summed E-state index contributed by atoms with van der Waals surface area (Å²) >= 11 is 6.51. The van der Waals surface area contributed by atoms with Crippen molar-refractivity contribution in [1.82, 2.24) is 44.9 Å². The molecule has 19 heteroatoms. The molecule has 1 aromatic carbocycles. The molecule has 1 spiro atoms. The van der Waals surface area contributed by atoms with E-state index in [1.165, 1.54) is 11.0 Å². The summed E-state index contributed by atoms with van der Waals surface area (Å²) in [5.41, 5.74) is 4.27. The van der Waals surface area contributed by atoms with Crippen LogP contribution in [0.15, 0.2) is 36.5 Å². The SMILES string of the molecule is CNc1cc(N2CCc3c(CN4CCN(CC5(F)CC6(CCN(C(=O)c7cc(N8CCC(=O)NC8=O)c(Cl)c(C)n7)CC6)C5)CC4=O)cccc32)nn2c(C(=O)NC3CCC3)cnc12. The maximum absolute atomic E-state index is 16.4. The number of anilines is 4. The van der Waals surface area contributed by atoms with E-state index >= 15 is 4.39 Å². The zero-order valence-corrected chi connectivity index (χ0v) is 36.8. The fourth-order valence-corrected chi connectivity index (χ4v) is 10.8. The largest absolute Gasteiger partial charge is 0.385 e. The number of likely N-dealkylation sites (tertiary alicyclic amines) is 1. The van der Waals surface area contributed by atoms with E-state index in [0.717, 1.165) is 48.2 Å². The molecule has 3 N–H and O–H groups in total. The fourth-order valence-electron chi connectivity index (χ4n) is 10.6. The second-order valence-electron chi connectivity index (χ2n) is 18.5. The van der Waals surface area contributed by atoms with Gasteiger partial charge in [-0.2, -0.15) is 0 Å². The number of carbonyl (C=O) groups excluding carboxylic acids is 5. The summed E-state index contributed by atoms with van der Waals surface area (Å²) in [6.07, 6.45) is 7.65. The maximum Gasteiger partial charge on any atom is 0.328 e. The Hall–Kier alpha value is -5.88. The number of aromatic nitrogens is 4. The third kappa shape index (κ3) is 7.67. The summed E-state index contributed by atoms with van der Waals surface area (Å²) < 4.78 is 18.0. The molecule has 4 aromatic rings. The first kappa shape index (κ1) is 42.1. The van der Waals surface area contributed by atoms with Gasteiger partial charge in [-0.15, -0.1) is 5.10 Å². The molecule has 17 nitrogen and oxygen atoms in total. The van der Waals surface area contributed by atoms with Gasteiger partial charge in [-0.05, 0) is 87.0 Å². The minimum Gasteiger partial charge on any atom is -0.385 e. The molecule has 5 fully saturated rings. The molecule has 0 atom stereocenters. The van der Waals surface area contributed by atoms with E-state index in [1.807, 2.05) is 29.0 Å². The number of imide groups is 1. The highest BCUT2D eigenvalue weighted by atomic mass is 35.5. The minimum absolute atomic E-state index is 0.0228. The third-order valence-electron chi connectivity index (χ3n) is 14.2. The Bertz CT molecular complexity index is 2580. The number of fused-ring (bicyclic) bond motifs is 2. The van der Waals surface area contributed by atoms with Gasteiger partial charge >= 0.3 is 6.03 Å². The predicted molar refractivity (Wildman–Crippen MR) is 237 cm³/mol. The number of aryl methyl sites for hydroxylation is 1. The van der Waals surface area contributed by atoms with Gasteiger partial charge < -0.3 is 25.3 Å². The Morgan fingerprint density at radius 2 is 1.77 bits per heavy atom. The molecule has 3 aromatic heterocycles. The first-order valence-corrected chi connectivity index (χ1v) is 22.7. The summed E-state index contributed by atoms with van der Waals surface area (Å²) in [5, 5.41) is 13.8. The first-order valence-electron chi connectivity index (χ1n) is 22.3. The zero-order valence-electron chi connectivity index (χ0n) is 36.1. The molecule has 336 valence electrons. The van der Waals surface area contributed by atoms with Crippen molar-refractivity contribution >= 4 is 69.8 Å². The molecule has 2 saturated carbocycles. The Labute approximate surface area is 374 Å². The summed E-state index contributed by atoms with van der Waals surface area (Å²) in [4.78, 5) is 82.7. The van der Waals surface area contributed by atoms with Crippen molar-refractivity contribution in [2.75, 3.05) is 74.5 Å². The Morgan fingerprint density at radius 1 is 0.984 bits per heavy atom. The third-order valence-corrected chi connectivity index (χ3v) is 14.7. The van der Waals surface area contributed by atoms with E-state index in [4.69, 9.17) is 16.7 Å². The van der Waals surface area contributed by atoms with Gasteiger partial charge in [-0.25, -0.2) is 23.7 Å². The van der Waals surface area contributed by atoms with Gasteiger partial charge in [0, 0.05) is 83.6 Å². The molecule has 6 aliphatic rings. The van der Waals surface area contributed by atoms with Crippen LogP contribution in [0, 0.1) is 12.3 Å². The lowest BCUT2D eigenvalue weighted by Crippen LogP contribution is -2.61. The van der Waals surface area contributed by atoms with Crippen LogP contribution in [0.1, 0.15) is 89.2 Å². The lowest BCUT2D eigenvalue weighted by Gasteiger charge is -2.56. The van der Waals surface area contributed by atoms with Crippen molar-refractivity contribution in [2.24, 2.45) is 5.41 Å². The summed E-state index contributed by atoms with van der Waals surface area (Å²) in [7, 11) is 1.83. The number of pyridine rings is 1. The fraction of sp³-hybridized carbons (Fsp3) is 0.511. The smallest absolute Gasteiger partial charge is 0.328 e. The van der Waals surface area contributed by atoms with Crippen molar-refractivity contribution < 1.29 is 28.4 Å². The number of amides is 6. The number of alkyl halides is 1. The zero-order chi connectivity index (χ0) is 44.5. The number of hydrogen-bond acceptors (Lipinski definition) is 11. The molecule has 2 aliphatic carbocycles.